The van der Waals surface area contributed by atoms with Gasteiger partial charge in [0, 0.05) is 10.9 Å². The van der Waals surface area contributed by atoms with Crippen molar-refractivity contribution < 1.29 is 13.2 Å². The second-order valence-corrected chi connectivity index (χ2v) is 5.06. The number of hydrogen-bond donors (Lipinski definition) is 1. The van der Waals surface area contributed by atoms with Gasteiger partial charge in [0.25, 0.3) is 0 Å². The molecule has 2 N–H and O–H groups in total. The Morgan fingerprint density at radius 1 is 1.46 bits per heavy atom. The maximum Gasteiger partial charge on any atom is 0.390 e. The van der Waals surface area contributed by atoms with Crippen LogP contribution in [0, 0.1) is 0 Å². The van der Waals surface area contributed by atoms with Crippen LogP contribution < -0.4 is 5.73 Å². The van der Waals surface area contributed by atoms with Gasteiger partial charge in [-0.05, 0) is 28.1 Å². The first kappa shape index (κ1) is 11.0. The SMILES string of the molecule is N[C@@H](CC(F)(F)F)c1ccc(Br)s1. The van der Waals surface area contributed by atoms with Crippen LogP contribution in [-0.2, 0) is 0 Å². The van der Waals surface area contributed by atoms with E-state index in [1.165, 1.54) is 11.3 Å². The zero-order chi connectivity index (χ0) is 10.1. The third-order valence-electron chi connectivity index (χ3n) is 1.41. The van der Waals surface area contributed by atoms with Crippen molar-refractivity contribution in [1.29, 1.82) is 0 Å². The summed E-state index contributed by atoms with van der Waals surface area (Å²) in [7, 11) is 0. The molecule has 13 heavy (non-hydrogen) atoms. The van der Waals surface area contributed by atoms with E-state index in [1.807, 2.05) is 0 Å². The molecular weight excluding hydrogens is 267 g/mol. The van der Waals surface area contributed by atoms with E-state index in [-0.39, 0.29) is 0 Å². The van der Waals surface area contributed by atoms with Crippen LogP contribution in [0.25, 0.3) is 0 Å². The first-order valence-corrected chi connectivity index (χ1v) is 5.07. The lowest BCUT2D eigenvalue weighted by molar-refractivity contribution is -0.138. The first-order valence-electron chi connectivity index (χ1n) is 3.46. The molecule has 0 amide bonds. The zero-order valence-corrected chi connectivity index (χ0v) is 8.84. The smallest absolute Gasteiger partial charge is 0.323 e. The van der Waals surface area contributed by atoms with Crippen LogP contribution in [0.2, 0.25) is 0 Å². The van der Waals surface area contributed by atoms with Crippen molar-refractivity contribution in [3.63, 3.8) is 0 Å². The van der Waals surface area contributed by atoms with Crippen LogP contribution in [0.15, 0.2) is 15.9 Å². The summed E-state index contributed by atoms with van der Waals surface area (Å²) in [6.07, 6.45) is -5.17. The second-order valence-electron chi connectivity index (χ2n) is 2.57. The number of thiophene rings is 1. The fourth-order valence-corrected chi connectivity index (χ4v) is 2.30. The summed E-state index contributed by atoms with van der Waals surface area (Å²) in [5.74, 6) is 0. The molecule has 6 heteroatoms. The predicted octanol–water partition coefficient (Wildman–Crippen LogP) is 3.46. The number of nitrogens with two attached hydrogens (primary N) is 1. The van der Waals surface area contributed by atoms with Crippen molar-refractivity contribution in [2.75, 3.05) is 0 Å². The van der Waals surface area contributed by atoms with Gasteiger partial charge >= 0.3 is 6.18 Å². The molecule has 0 aliphatic rings. The molecule has 1 aromatic heterocycles. The molecule has 0 fully saturated rings. The molecule has 0 radical (unpaired) electrons. The third kappa shape index (κ3) is 3.66. The molecular formula is C7H7BrF3NS. The van der Waals surface area contributed by atoms with Crippen molar-refractivity contribution in [3.05, 3.63) is 20.8 Å². The molecule has 1 aromatic rings. The molecule has 0 unspecified atom stereocenters. The molecule has 0 aliphatic heterocycles. The van der Waals surface area contributed by atoms with Crippen molar-refractivity contribution in [3.8, 4) is 0 Å². The van der Waals surface area contributed by atoms with Gasteiger partial charge in [0.15, 0.2) is 0 Å². The van der Waals surface area contributed by atoms with Crippen LogP contribution in [0.5, 0.6) is 0 Å². The molecule has 74 valence electrons. The summed E-state index contributed by atoms with van der Waals surface area (Å²) in [5, 5.41) is 0. The average molecular weight is 274 g/mol. The van der Waals surface area contributed by atoms with Gasteiger partial charge in [-0.25, -0.2) is 0 Å². The zero-order valence-electron chi connectivity index (χ0n) is 6.44. The Kier molecular flexibility index (Phi) is 3.37. The van der Waals surface area contributed by atoms with Crippen molar-refractivity contribution in [1.82, 2.24) is 0 Å². The average Bonchev–Trinajstić information content (AvgIpc) is 2.31. The molecule has 1 nitrogen and oxygen atoms in total. The van der Waals surface area contributed by atoms with Gasteiger partial charge in [-0.3, -0.25) is 0 Å². The highest BCUT2D eigenvalue weighted by Gasteiger charge is 2.31. The molecule has 1 atom stereocenters. The summed E-state index contributed by atoms with van der Waals surface area (Å²) in [6.45, 7) is 0. The Morgan fingerprint density at radius 2 is 2.08 bits per heavy atom. The Bertz CT molecular complexity index is 284. The van der Waals surface area contributed by atoms with Gasteiger partial charge in [0.2, 0.25) is 0 Å². The van der Waals surface area contributed by atoms with Crippen molar-refractivity contribution in [2.24, 2.45) is 5.73 Å². The maximum absolute atomic E-state index is 11.9. The Morgan fingerprint density at radius 3 is 2.46 bits per heavy atom. The highest BCUT2D eigenvalue weighted by atomic mass is 79.9. The van der Waals surface area contributed by atoms with E-state index in [2.05, 4.69) is 15.9 Å². The van der Waals surface area contributed by atoms with Crippen molar-refractivity contribution in [2.45, 2.75) is 18.6 Å². The first-order chi connectivity index (χ1) is 5.88. The number of rotatable bonds is 2. The molecule has 0 spiro atoms. The van der Waals surface area contributed by atoms with E-state index < -0.39 is 18.6 Å². The topological polar surface area (TPSA) is 26.0 Å². The molecule has 0 aliphatic carbocycles. The number of halogens is 4. The maximum atomic E-state index is 11.9. The van der Waals surface area contributed by atoms with E-state index in [4.69, 9.17) is 5.73 Å². The number of alkyl halides is 3. The van der Waals surface area contributed by atoms with Crippen molar-refractivity contribution >= 4 is 27.3 Å². The standard InChI is InChI=1S/C7H7BrF3NS/c8-6-2-1-5(13-6)4(12)3-7(9,10)11/h1-2,4H,3,12H2/t4-/m0/s1. The fraction of sp³-hybridized carbons (Fsp3) is 0.429. The largest absolute Gasteiger partial charge is 0.390 e. The summed E-state index contributed by atoms with van der Waals surface area (Å²) in [6, 6.07) is 2.35. The van der Waals surface area contributed by atoms with Gasteiger partial charge in [0.05, 0.1) is 10.2 Å². The van der Waals surface area contributed by atoms with E-state index in [0.717, 1.165) is 3.79 Å². The molecule has 1 heterocycles. The van der Waals surface area contributed by atoms with Gasteiger partial charge in [-0.2, -0.15) is 13.2 Å². The van der Waals surface area contributed by atoms with Gasteiger partial charge in [-0.1, -0.05) is 0 Å². The lowest BCUT2D eigenvalue weighted by Crippen LogP contribution is -2.19. The molecule has 0 aromatic carbocycles. The minimum absolute atomic E-state index is 0.546. The Hall–Kier alpha value is -0.0700. The van der Waals surface area contributed by atoms with Gasteiger partial charge in [-0.15, -0.1) is 11.3 Å². The Balaban J connectivity index is 2.64. The monoisotopic (exact) mass is 273 g/mol. The summed E-state index contributed by atoms with van der Waals surface area (Å²) in [5.41, 5.74) is 5.36. The van der Waals surface area contributed by atoms with E-state index >= 15 is 0 Å². The van der Waals surface area contributed by atoms with Crippen LogP contribution in [-0.4, -0.2) is 6.18 Å². The van der Waals surface area contributed by atoms with Crippen LogP contribution in [0.1, 0.15) is 17.3 Å². The quantitative estimate of drug-likeness (QED) is 0.878. The normalized spacial score (nSPS) is 14.5. The van der Waals surface area contributed by atoms with E-state index in [0.29, 0.717) is 4.88 Å². The molecule has 0 saturated carbocycles. The summed E-state index contributed by atoms with van der Waals surface area (Å²) >= 11 is 4.39. The van der Waals surface area contributed by atoms with Crippen LogP contribution >= 0.6 is 27.3 Å². The van der Waals surface area contributed by atoms with Crippen LogP contribution in [0.3, 0.4) is 0 Å². The second kappa shape index (κ2) is 3.98. The highest BCUT2D eigenvalue weighted by molar-refractivity contribution is 9.11. The number of hydrogen-bond acceptors (Lipinski definition) is 2. The molecule has 0 saturated heterocycles. The lowest BCUT2D eigenvalue weighted by Gasteiger charge is -2.11. The highest BCUT2D eigenvalue weighted by Crippen LogP contribution is 2.32. The predicted molar refractivity (Wildman–Crippen MR) is 49.6 cm³/mol. The molecule has 0 bridgehead atoms. The van der Waals surface area contributed by atoms with E-state index in [9.17, 15) is 13.2 Å². The van der Waals surface area contributed by atoms with Gasteiger partial charge in [0.1, 0.15) is 0 Å². The van der Waals surface area contributed by atoms with Crippen LogP contribution in [0.4, 0.5) is 13.2 Å². The van der Waals surface area contributed by atoms with Gasteiger partial charge < -0.3 is 5.73 Å². The lowest BCUT2D eigenvalue weighted by atomic mass is 10.2. The summed E-state index contributed by atoms with van der Waals surface area (Å²) in [4.78, 5) is 0.546. The summed E-state index contributed by atoms with van der Waals surface area (Å²) < 4.78 is 36.5. The minimum Gasteiger partial charge on any atom is -0.323 e. The fourth-order valence-electron chi connectivity index (χ4n) is 0.878. The minimum atomic E-state index is -4.20. The van der Waals surface area contributed by atoms with E-state index in [1.54, 1.807) is 12.1 Å². The molecule has 1 rings (SSSR count). The third-order valence-corrected chi connectivity index (χ3v) is 3.17. The Labute approximate surface area is 85.9 Å².